The molecule has 1 aromatic rings. The average molecular weight is 296 g/mol. The molecule has 108 valence electrons. The molecule has 1 fully saturated rings. The van der Waals surface area contributed by atoms with Crippen LogP contribution in [0.15, 0.2) is 16.9 Å². The highest BCUT2D eigenvalue weighted by atomic mass is 32.2. The first-order valence-corrected chi connectivity index (χ1v) is 7.44. The smallest absolute Gasteiger partial charge is 0.329 e. The van der Waals surface area contributed by atoms with Gasteiger partial charge in [-0.2, -0.15) is 11.8 Å². The predicted molar refractivity (Wildman–Crippen MR) is 76.2 cm³/mol. The maximum Gasteiger partial charge on any atom is 0.329 e. The van der Waals surface area contributed by atoms with Crippen LogP contribution < -0.4 is 10.9 Å². The average Bonchev–Trinajstić information content (AvgIpc) is 2.39. The number of hydrogen-bond acceptors (Lipinski definition) is 4. The molecule has 0 spiro atoms. The molecular formula is C13H16N2O4S. The number of carbonyl (C=O) groups excluding carboxylic acids is 1. The van der Waals surface area contributed by atoms with E-state index in [2.05, 4.69) is 10.3 Å². The lowest BCUT2D eigenvalue weighted by Gasteiger charge is -2.33. The Bertz CT molecular complexity index is 590. The summed E-state index contributed by atoms with van der Waals surface area (Å²) in [5.41, 5.74) is -1.18. The van der Waals surface area contributed by atoms with E-state index in [9.17, 15) is 19.5 Å². The fourth-order valence-electron chi connectivity index (χ4n) is 2.15. The molecular weight excluding hydrogens is 280 g/mol. The van der Waals surface area contributed by atoms with Gasteiger partial charge in [-0.3, -0.25) is 9.59 Å². The molecule has 7 heteroatoms. The van der Waals surface area contributed by atoms with E-state index >= 15 is 0 Å². The normalized spacial score (nSPS) is 17.4. The number of aromatic nitrogens is 1. The molecule has 1 aliphatic rings. The van der Waals surface area contributed by atoms with Gasteiger partial charge in [0.15, 0.2) is 0 Å². The number of aliphatic carboxylic acids is 1. The molecule has 3 N–H and O–H groups in total. The summed E-state index contributed by atoms with van der Waals surface area (Å²) in [7, 11) is 0. The minimum atomic E-state index is -1.26. The van der Waals surface area contributed by atoms with Crippen LogP contribution >= 0.6 is 11.8 Å². The van der Waals surface area contributed by atoms with Crippen molar-refractivity contribution in [3.63, 3.8) is 0 Å². The molecule has 1 aliphatic heterocycles. The maximum atomic E-state index is 12.2. The highest BCUT2D eigenvalue weighted by Gasteiger charge is 2.41. The Morgan fingerprint density at radius 3 is 2.55 bits per heavy atom. The number of pyridine rings is 1. The van der Waals surface area contributed by atoms with E-state index in [1.54, 1.807) is 24.8 Å². The van der Waals surface area contributed by atoms with Crippen molar-refractivity contribution in [2.24, 2.45) is 0 Å². The van der Waals surface area contributed by atoms with Gasteiger partial charge in [-0.05, 0) is 43.4 Å². The number of H-pyrrole nitrogens is 1. The second kappa shape index (κ2) is 5.70. The first-order valence-electron chi connectivity index (χ1n) is 6.28. The summed E-state index contributed by atoms with van der Waals surface area (Å²) < 4.78 is 0. The van der Waals surface area contributed by atoms with Gasteiger partial charge in [-0.15, -0.1) is 0 Å². The van der Waals surface area contributed by atoms with Gasteiger partial charge in [0, 0.05) is 5.69 Å². The number of carbonyl (C=O) groups is 2. The summed E-state index contributed by atoms with van der Waals surface area (Å²) in [5.74, 6) is -0.330. The number of amides is 1. The van der Waals surface area contributed by atoms with Crippen molar-refractivity contribution >= 4 is 23.6 Å². The molecule has 0 saturated carbocycles. The summed E-state index contributed by atoms with van der Waals surface area (Å²) in [4.78, 5) is 37.9. The van der Waals surface area contributed by atoms with Crippen molar-refractivity contribution in [1.82, 2.24) is 10.3 Å². The lowest BCUT2D eigenvalue weighted by Crippen LogP contribution is -2.57. The third-order valence-electron chi connectivity index (χ3n) is 3.41. The molecule has 20 heavy (non-hydrogen) atoms. The van der Waals surface area contributed by atoms with Crippen molar-refractivity contribution < 1.29 is 14.7 Å². The minimum absolute atomic E-state index is 0.0607. The molecule has 2 rings (SSSR count). The quantitative estimate of drug-likeness (QED) is 0.765. The van der Waals surface area contributed by atoms with Gasteiger partial charge in [0.05, 0.1) is 0 Å². The molecule has 0 bridgehead atoms. The van der Waals surface area contributed by atoms with E-state index in [4.69, 9.17) is 0 Å². The SMILES string of the molecule is Cc1ccc(C(=O)NC2(C(=O)O)CCSCC2)c(=O)[nH]1. The van der Waals surface area contributed by atoms with Crippen molar-refractivity contribution in [1.29, 1.82) is 0 Å². The molecule has 1 saturated heterocycles. The Morgan fingerprint density at radius 1 is 1.35 bits per heavy atom. The van der Waals surface area contributed by atoms with Gasteiger partial charge in [0.25, 0.3) is 11.5 Å². The highest BCUT2D eigenvalue weighted by molar-refractivity contribution is 7.99. The number of carboxylic acids is 1. The van der Waals surface area contributed by atoms with Crippen LogP contribution in [0.1, 0.15) is 28.9 Å². The number of nitrogens with one attached hydrogen (secondary N) is 2. The van der Waals surface area contributed by atoms with Crippen LogP contribution in [-0.2, 0) is 4.79 Å². The van der Waals surface area contributed by atoms with Gasteiger partial charge in [-0.25, -0.2) is 4.79 Å². The zero-order valence-electron chi connectivity index (χ0n) is 11.1. The third kappa shape index (κ3) is 2.87. The lowest BCUT2D eigenvalue weighted by molar-refractivity contribution is -0.144. The van der Waals surface area contributed by atoms with E-state index < -0.39 is 23.0 Å². The van der Waals surface area contributed by atoms with Gasteiger partial charge in [-0.1, -0.05) is 0 Å². The van der Waals surface area contributed by atoms with Gasteiger partial charge < -0.3 is 15.4 Å². The van der Waals surface area contributed by atoms with Crippen molar-refractivity contribution in [3.05, 3.63) is 33.7 Å². The van der Waals surface area contributed by atoms with Crippen molar-refractivity contribution in [2.75, 3.05) is 11.5 Å². The standard InChI is InChI=1S/C13H16N2O4S/c1-8-2-3-9(10(16)14-8)11(17)15-13(12(18)19)4-6-20-7-5-13/h2-3H,4-7H2,1H3,(H,14,16)(H,15,17)(H,18,19). The second-order valence-corrected chi connectivity index (χ2v) is 6.06. The Hall–Kier alpha value is -1.76. The van der Waals surface area contributed by atoms with Crippen LogP contribution in [0, 0.1) is 6.92 Å². The highest BCUT2D eigenvalue weighted by Crippen LogP contribution is 2.27. The second-order valence-electron chi connectivity index (χ2n) is 4.84. The van der Waals surface area contributed by atoms with Gasteiger partial charge in [0.1, 0.15) is 11.1 Å². The zero-order chi connectivity index (χ0) is 14.8. The Morgan fingerprint density at radius 2 is 2.00 bits per heavy atom. The largest absolute Gasteiger partial charge is 0.480 e. The minimum Gasteiger partial charge on any atom is -0.480 e. The fraction of sp³-hybridized carbons (Fsp3) is 0.462. The first kappa shape index (κ1) is 14.6. The summed E-state index contributed by atoms with van der Waals surface area (Å²) in [6.07, 6.45) is 0.727. The molecule has 0 aromatic carbocycles. The Kier molecular flexibility index (Phi) is 4.17. The summed E-state index contributed by atoms with van der Waals surface area (Å²) in [5, 5.41) is 11.9. The number of aryl methyl sites for hydroxylation is 1. The third-order valence-corrected chi connectivity index (χ3v) is 4.39. The number of aromatic amines is 1. The van der Waals surface area contributed by atoms with Crippen LogP contribution in [0.25, 0.3) is 0 Å². The topological polar surface area (TPSA) is 99.3 Å². The van der Waals surface area contributed by atoms with Crippen molar-refractivity contribution in [2.45, 2.75) is 25.3 Å². The van der Waals surface area contributed by atoms with Crippen LogP contribution in [0.3, 0.4) is 0 Å². The summed E-state index contributed by atoms with van der Waals surface area (Å²) >= 11 is 1.66. The molecule has 0 aliphatic carbocycles. The van der Waals surface area contributed by atoms with Gasteiger partial charge in [0.2, 0.25) is 0 Å². The Labute approximate surface area is 120 Å². The van der Waals surface area contributed by atoms with Crippen molar-refractivity contribution in [3.8, 4) is 0 Å². The lowest BCUT2D eigenvalue weighted by atomic mass is 9.92. The molecule has 0 unspecified atom stereocenters. The van der Waals surface area contributed by atoms with Crippen LogP contribution in [-0.4, -0.2) is 39.0 Å². The van der Waals surface area contributed by atoms with Crippen LogP contribution in [0.5, 0.6) is 0 Å². The fourth-order valence-corrected chi connectivity index (χ4v) is 3.34. The van der Waals surface area contributed by atoms with Crippen LogP contribution in [0.4, 0.5) is 0 Å². The number of thioether (sulfide) groups is 1. The van der Waals surface area contributed by atoms with E-state index in [1.165, 1.54) is 6.07 Å². The predicted octanol–water partition coefficient (Wildman–Crippen LogP) is 0.764. The van der Waals surface area contributed by atoms with Crippen LogP contribution in [0.2, 0.25) is 0 Å². The first-order chi connectivity index (χ1) is 9.44. The monoisotopic (exact) mass is 296 g/mol. The molecule has 2 heterocycles. The molecule has 0 radical (unpaired) electrons. The molecule has 6 nitrogen and oxygen atoms in total. The van der Waals surface area contributed by atoms with E-state index in [-0.39, 0.29) is 5.56 Å². The zero-order valence-corrected chi connectivity index (χ0v) is 11.9. The molecule has 0 atom stereocenters. The summed E-state index contributed by atoms with van der Waals surface area (Å²) in [6.45, 7) is 1.71. The number of hydrogen-bond donors (Lipinski definition) is 3. The van der Waals surface area contributed by atoms with Gasteiger partial charge >= 0.3 is 5.97 Å². The van der Waals surface area contributed by atoms with E-state index in [0.717, 1.165) is 0 Å². The molecule has 1 aromatic heterocycles. The van der Waals surface area contributed by atoms with E-state index in [1.807, 2.05) is 0 Å². The maximum absolute atomic E-state index is 12.2. The number of rotatable bonds is 3. The number of carboxylic acid groups (broad SMARTS) is 1. The Balaban J connectivity index is 2.24. The van der Waals surface area contributed by atoms with E-state index in [0.29, 0.717) is 30.0 Å². The summed E-state index contributed by atoms with van der Waals surface area (Å²) in [6, 6.07) is 3.02. The molecule has 1 amide bonds.